The number of unbranched alkanes of at least 4 members (excludes halogenated alkanes) is 1. The molecule has 15 heavy (non-hydrogen) atoms. The highest BCUT2D eigenvalue weighted by atomic mass is 32.2. The standard InChI is InChI=1S/C11H25NO2S/c1-10(2)9-12-7-5-6-8-15(13,14)11(3)4/h10-12H,5-9H2,1-4H3. The first-order chi connectivity index (χ1) is 6.86. The van der Waals surface area contributed by atoms with Gasteiger partial charge in [-0.3, -0.25) is 0 Å². The zero-order chi connectivity index (χ0) is 11.9. The summed E-state index contributed by atoms with van der Waals surface area (Å²) in [5.41, 5.74) is 0. The maximum atomic E-state index is 11.5. The molecule has 0 aromatic heterocycles. The Balaban J connectivity index is 3.47. The fourth-order valence-corrected chi connectivity index (χ4v) is 2.26. The fraction of sp³-hybridized carbons (Fsp3) is 1.00. The Hall–Kier alpha value is -0.0900. The van der Waals surface area contributed by atoms with Gasteiger partial charge in [0.25, 0.3) is 0 Å². The minimum absolute atomic E-state index is 0.235. The monoisotopic (exact) mass is 235 g/mol. The number of sulfone groups is 1. The lowest BCUT2D eigenvalue weighted by atomic mass is 10.2. The van der Waals surface area contributed by atoms with Crippen molar-refractivity contribution in [1.29, 1.82) is 0 Å². The van der Waals surface area contributed by atoms with E-state index in [2.05, 4.69) is 19.2 Å². The molecule has 3 nitrogen and oxygen atoms in total. The highest BCUT2D eigenvalue weighted by Crippen LogP contribution is 2.03. The van der Waals surface area contributed by atoms with Crippen LogP contribution in [0.2, 0.25) is 0 Å². The summed E-state index contributed by atoms with van der Waals surface area (Å²) in [4.78, 5) is 0. The lowest BCUT2D eigenvalue weighted by molar-refractivity contribution is 0.537. The van der Waals surface area contributed by atoms with E-state index < -0.39 is 9.84 Å². The van der Waals surface area contributed by atoms with Gasteiger partial charge in [-0.05, 0) is 45.7 Å². The molecule has 92 valence electrons. The lowest BCUT2D eigenvalue weighted by Crippen LogP contribution is -2.22. The van der Waals surface area contributed by atoms with E-state index in [0.717, 1.165) is 25.9 Å². The zero-order valence-corrected chi connectivity index (χ0v) is 11.2. The molecule has 1 N–H and O–H groups in total. The van der Waals surface area contributed by atoms with Crippen LogP contribution in [0.3, 0.4) is 0 Å². The summed E-state index contributed by atoms with van der Waals surface area (Å²) in [6, 6.07) is 0. The molecule has 0 heterocycles. The highest BCUT2D eigenvalue weighted by molar-refractivity contribution is 7.91. The quantitative estimate of drug-likeness (QED) is 0.653. The SMILES string of the molecule is CC(C)CNCCCCS(=O)(=O)C(C)C. The zero-order valence-electron chi connectivity index (χ0n) is 10.4. The third-order valence-corrected chi connectivity index (χ3v) is 4.60. The van der Waals surface area contributed by atoms with E-state index in [1.165, 1.54) is 0 Å². The molecule has 0 aromatic rings. The van der Waals surface area contributed by atoms with Gasteiger partial charge in [-0.2, -0.15) is 0 Å². The molecule has 0 spiro atoms. The van der Waals surface area contributed by atoms with Crippen molar-refractivity contribution in [2.45, 2.75) is 45.8 Å². The van der Waals surface area contributed by atoms with Crippen LogP contribution >= 0.6 is 0 Å². The molecule has 0 atom stereocenters. The van der Waals surface area contributed by atoms with Gasteiger partial charge in [-0.1, -0.05) is 13.8 Å². The Bertz CT molecular complexity index is 245. The van der Waals surface area contributed by atoms with E-state index in [1.807, 2.05) is 0 Å². The highest BCUT2D eigenvalue weighted by Gasteiger charge is 2.14. The van der Waals surface area contributed by atoms with Gasteiger partial charge < -0.3 is 5.32 Å². The van der Waals surface area contributed by atoms with Crippen LogP contribution < -0.4 is 5.32 Å². The molecule has 0 saturated heterocycles. The number of rotatable bonds is 8. The average molecular weight is 235 g/mol. The van der Waals surface area contributed by atoms with Crippen LogP contribution in [0.4, 0.5) is 0 Å². The molecule has 0 rings (SSSR count). The van der Waals surface area contributed by atoms with Crippen LogP contribution in [-0.4, -0.2) is 32.5 Å². The van der Waals surface area contributed by atoms with Gasteiger partial charge in [0, 0.05) is 0 Å². The van der Waals surface area contributed by atoms with E-state index in [9.17, 15) is 8.42 Å². The average Bonchev–Trinajstić information content (AvgIpc) is 2.10. The van der Waals surface area contributed by atoms with Gasteiger partial charge in [-0.15, -0.1) is 0 Å². The molecule has 0 radical (unpaired) electrons. The van der Waals surface area contributed by atoms with Crippen molar-refractivity contribution in [1.82, 2.24) is 5.32 Å². The second-order valence-electron chi connectivity index (χ2n) is 4.72. The molecule has 0 aliphatic carbocycles. The molecule has 0 bridgehead atoms. The van der Waals surface area contributed by atoms with Gasteiger partial charge in [0.15, 0.2) is 9.84 Å². The molecule has 0 aliphatic rings. The molecular formula is C11H25NO2S. The predicted octanol–water partition coefficient (Wildman–Crippen LogP) is 1.84. The molecule has 0 aliphatic heterocycles. The molecular weight excluding hydrogens is 210 g/mol. The molecule has 4 heteroatoms. The minimum Gasteiger partial charge on any atom is -0.316 e. The van der Waals surface area contributed by atoms with E-state index >= 15 is 0 Å². The summed E-state index contributed by atoms with van der Waals surface area (Å²) in [5, 5.41) is 3.07. The summed E-state index contributed by atoms with van der Waals surface area (Å²) in [6.07, 6.45) is 1.71. The van der Waals surface area contributed by atoms with E-state index in [0.29, 0.717) is 11.7 Å². The largest absolute Gasteiger partial charge is 0.316 e. The van der Waals surface area contributed by atoms with Crippen molar-refractivity contribution in [3.05, 3.63) is 0 Å². The van der Waals surface area contributed by atoms with Gasteiger partial charge in [-0.25, -0.2) is 8.42 Å². The predicted molar refractivity (Wildman–Crippen MR) is 65.9 cm³/mol. The van der Waals surface area contributed by atoms with E-state index in [1.54, 1.807) is 13.8 Å². The summed E-state index contributed by atoms with van der Waals surface area (Å²) in [6.45, 7) is 9.74. The van der Waals surface area contributed by atoms with Crippen molar-refractivity contribution in [2.75, 3.05) is 18.8 Å². The fourth-order valence-electron chi connectivity index (χ4n) is 1.18. The minimum atomic E-state index is -2.83. The van der Waals surface area contributed by atoms with Gasteiger partial charge in [0.2, 0.25) is 0 Å². The molecule has 0 unspecified atom stereocenters. The third-order valence-electron chi connectivity index (χ3n) is 2.30. The second-order valence-corrected chi connectivity index (χ2v) is 7.40. The topological polar surface area (TPSA) is 46.2 Å². The number of nitrogens with one attached hydrogen (secondary N) is 1. The Morgan fingerprint density at radius 3 is 2.13 bits per heavy atom. The van der Waals surface area contributed by atoms with E-state index in [-0.39, 0.29) is 5.25 Å². The van der Waals surface area contributed by atoms with Crippen LogP contribution in [-0.2, 0) is 9.84 Å². The number of hydrogen-bond acceptors (Lipinski definition) is 3. The van der Waals surface area contributed by atoms with Crippen molar-refractivity contribution in [2.24, 2.45) is 5.92 Å². The van der Waals surface area contributed by atoms with Gasteiger partial charge in [0.05, 0.1) is 11.0 Å². The lowest BCUT2D eigenvalue weighted by Gasteiger charge is -2.09. The van der Waals surface area contributed by atoms with Crippen LogP contribution in [0.5, 0.6) is 0 Å². The maximum Gasteiger partial charge on any atom is 0.152 e. The Morgan fingerprint density at radius 2 is 1.67 bits per heavy atom. The first-order valence-electron chi connectivity index (χ1n) is 5.78. The van der Waals surface area contributed by atoms with Crippen LogP contribution in [0, 0.1) is 5.92 Å². The molecule has 0 amide bonds. The second kappa shape index (κ2) is 7.23. The first-order valence-corrected chi connectivity index (χ1v) is 7.50. The van der Waals surface area contributed by atoms with Gasteiger partial charge in [0.1, 0.15) is 0 Å². The Kier molecular flexibility index (Phi) is 7.18. The summed E-state index contributed by atoms with van der Waals surface area (Å²) in [7, 11) is -2.83. The smallest absolute Gasteiger partial charge is 0.152 e. The first kappa shape index (κ1) is 14.9. The number of hydrogen-bond donors (Lipinski definition) is 1. The summed E-state index contributed by atoms with van der Waals surface area (Å²) in [5.74, 6) is 0.984. The van der Waals surface area contributed by atoms with Crippen molar-refractivity contribution in [3.63, 3.8) is 0 Å². The van der Waals surface area contributed by atoms with Crippen molar-refractivity contribution in [3.8, 4) is 0 Å². The van der Waals surface area contributed by atoms with Crippen LogP contribution in [0.1, 0.15) is 40.5 Å². The Morgan fingerprint density at radius 1 is 1.07 bits per heavy atom. The van der Waals surface area contributed by atoms with Crippen molar-refractivity contribution >= 4 is 9.84 Å². The van der Waals surface area contributed by atoms with Gasteiger partial charge >= 0.3 is 0 Å². The molecule has 0 aromatic carbocycles. The Labute approximate surface area is 94.6 Å². The van der Waals surface area contributed by atoms with Crippen LogP contribution in [0.25, 0.3) is 0 Å². The summed E-state index contributed by atoms with van der Waals surface area (Å²) >= 11 is 0. The third kappa shape index (κ3) is 7.79. The molecule has 0 saturated carbocycles. The maximum absolute atomic E-state index is 11.5. The summed E-state index contributed by atoms with van der Waals surface area (Å²) < 4.78 is 22.9. The normalized spacial score (nSPS) is 12.7. The molecule has 0 fully saturated rings. The van der Waals surface area contributed by atoms with E-state index in [4.69, 9.17) is 0 Å². The van der Waals surface area contributed by atoms with Crippen LogP contribution in [0.15, 0.2) is 0 Å². The van der Waals surface area contributed by atoms with Crippen molar-refractivity contribution < 1.29 is 8.42 Å².